The number of ketones is 1. The number of hydrogen-bond donors (Lipinski definition) is 1. The molecule has 94 valence electrons. The molecule has 1 saturated carbocycles. The van der Waals surface area contributed by atoms with Crippen molar-refractivity contribution in [1.29, 1.82) is 0 Å². The maximum atomic E-state index is 12.1. The van der Waals surface area contributed by atoms with Crippen LogP contribution in [-0.4, -0.2) is 24.5 Å². The zero-order valence-corrected chi connectivity index (χ0v) is 10.9. The Bertz CT molecular complexity index is 377. The van der Waals surface area contributed by atoms with E-state index >= 15 is 0 Å². The summed E-state index contributed by atoms with van der Waals surface area (Å²) in [6.45, 7) is 5.59. The third-order valence-corrected chi connectivity index (χ3v) is 4.51. The van der Waals surface area contributed by atoms with Crippen LogP contribution in [0.5, 0.6) is 0 Å². The molecule has 1 rings (SSSR count). The zero-order valence-electron chi connectivity index (χ0n) is 10.1. The van der Waals surface area contributed by atoms with Crippen LogP contribution in [-0.2, 0) is 14.9 Å². The molecule has 0 saturated heterocycles. The van der Waals surface area contributed by atoms with Crippen LogP contribution >= 0.6 is 0 Å². The van der Waals surface area contributed by atoms with Crippen molar-refractivity contribution in [2.75, 3.05) is 5.75 Å². The fourth-order valence-corrected chi connectivity index (χ4v) is 3.93. The first kappa shape index (κ1) is 13.6. The molecule has 1 fully saturated rings. The smallest absolute Gasteiger partial charge is 0.265 e. The van der Waals surface area contributed by atoms with Gasteiger partial charge in [-0.1, -0.05) is 27.2 Å². The van der Waals surface area contributed by atoms with Crippen molar-refractivity contribution in [2.24, 2.45) is 10.8 Å². The average molecular weight is 248 g/mol. The maximum absolute atomic E-state index is 12.1. The third kappa shape index (κ3) is 2.63. The van der Waals surface area contributed by atoms with E-state index in [4.69, 9.17) is 4.55 Å². The van der Waals surface area contributed by atoms with Gasteiger partial charge in [-0.05, 0) is 18.3 Å². The summed E-state index contributed by atoms with van der Waals surface area (Å²) < 4.78 is 31.2. The predicted octanol–water partition coefficient (Wildman–Crippen LogP) is 2.05. The molecular weight excluding hydrogens is 228 g/mol. The van der Waals surface area contributed by atoms with Gasteiger partial charge in [0.15, 0.2) is 0 Å². The van der Waals surface area contributed by atoms with Gasteiger partial charge in [0.05, 0.1) is 11.2 Å². The largest absolute Gasteiger partial charge is 0.299 e. The standard InChI is InChI=1S/C11H20O4S/c1-10(2,3)11(8-16(13,14)15)7-5-4-6-9(11)12/h4-8H2,1-3H3,(H,13,14,15). The van der Waals surface area contributed by atoms with E-state index in [0.717, 1.165) is 12.8 Å². The van der Waals surface area contributed by atoms with Crippen molar-refractivity contribution in [3.63, 3.8) is 0 Å². The average Bonchev–Trinajstić information content (AvgIpc) is 2.04. The second kappa shape index (κ2) is 4.11. The lowest BCUT2D eigenvalue weighted by Crippen LogP contribution is -2.49. The van der Waals surface area contributed by atoms with Crippen LogP contribution in [0.2, 0.25) is 0 Å². The van der Waals surface area contributed by atoms with E-state index in [1.807, 2.05) is 20.8 Å². The summed E-state index contributed by atoms with van der Waals surface area (Å²) in [5.41, 5.74) is -1.36. The monoisotopic (exact) mass is 248 g/mol. The highest BCUT2D eigenvalue weighted by Gasteiger charge is 2.51. The Morgan fingerprint density at radius 2 is 1.88 bits per heavy atom. The second-order valence-corrected chi connectivity index (χ2v) is 7.14. The van der Waals surface area contributed by atoms with E-state index in [2.05, 4.69) is 0 Å². The molecule has 0 aromatic heterocycles. The highest BCUT2D eigenvalue weighted by atomic mass is 32.2. The van der Waals surface area contributed by atoms with E-state index in [9.17, 15) is 13.2 Å². The van der Waals surface area contributed by atoms with Crippen LogP contribution in [0, 0.1) is 10.8 Å². The Hall–Kier alpha value is -0.420. The van der Waals surface area contributed by atoms with Gasteiger partial charge < -0.3 is 0 Å². The van der Waals surface area contributed by atoms with Gasteiger partial charge in [0.2, 0.25) is 0 Å². The maximum Gasteiger partial charge on any atom is 0.265 e. The number of Topliss-reactive ketones (excluding diaryl/α,β-unsaturated/α-hetero) is 1. The number of carbonyl (C=O) groups is 1. The molecule has 0 spiro atoms. The molecule has 0 amide bonds. The SMILES string of the molecule is CC(C)(C)C1(CS(=O)(=O)O)CCCCC1=O. The second-order valence-electron chi connectivity index (χ2n) is 5.69. The lowest BCUT2D eigenvalue weighted by molar-refractivity contribution is -0.136. The summed E-state index contributed by atoms with van der Waals surface area (Å²) >= 11 is 0. The fraction of sp³-hybridized carbons (Fsp3) is 0.909. The Morgan fingerprint density at radius 3 is 2.25 bits per heavy atom. The molecule has 5 heteroatoms. The zero-order chi connectivity index (χ0) is 12.6. The van der Waals surface area contributed by atoms with Gasteiger partial charge in [-0.2, -0.15) is 8.42 Å². The van der Waals surface area contributed by atoms with Crippen LogP contribution in [0.15, 0.2) is 0 Å². The lowest BCUT2D eigenvalue weighted by Gasteiger charge is -2.45. The molecule has 0 aromatic rings. The molecule has 1 N–H and O–H groups in total. The minimum absolute atomic E-state index is 0.0242. The highest BCUT2D eigenvalue weighted by molar-refractivity contribution is 7.85. The molecule has 0 radical (unpaired) electrons. The summed E-state index contributed by atoms with van der Waals surface area (Å²) in [7, 11) is -4.12. The predicted molar refractivity (Wildman–Crippen MR) is 61.8 cm³/mol. The van der Waals surface area contributed by atoms with Crippen molar-refractivity contribution in [1.82, 2.24) is 0 Å². The number of rotatable bonds is 2. The first-order valence-corrected chi connectivity index (χ1v) is 7.18. The molecule has 1 unspecified atom stereocenters. The van der Waals surface area contributed by atoms with E-state index < -0.39 is 26.7 Å². The van der Waals surface area contributed by atoms with Gasteiger partial charge in [0.25, 0.3) is 10.1 Å². The van der Waals surface area contributed by atoms with Crippen molar-refractivity contribution in [3.05, 3.63) is 0 Å². The molecule has 0 aliphatic heterocycles. The van der Waals surface area contributed by atoms with E-state index in [-0.39, 0.29) is 5.78 Å². The number of carbonyl (C=O) groups excluding carboxylic acids is 1. The van der Waals surface area contributed by atoms with Gasteiger partial charge >= 0.3 is 0 Å². The first-order chi connectivity index (χ1) is 7.08. The highest BCUT2D eigenvalue weighted by Crippen LogP contribution is 2.48. The van der Waals surface area contributed by atoms with Crippen LogP contribution in [0.1, 0.15) is 46.5 Å². The van der Waals surface area contributed by atoms with Crippen molar-refractivity contribution < 1.29 is 17.8 Å². The summed E-state index contributed by atoms with van der Waals surface area (Å²) in [5.74, 6) is -0.466. The van der Waals surface area contributed by atoms with Crippen LogP contribution in [0.4, 0.5) is 0 Å². The van der Waals surface area contributed by atoms with Gasteiger partial charge in [0, 0.05) is 6.42 Å². The fourth-order valence-electron chi connectivity index (χ4n) is 2.56. The molecule has 1 atom stereocenters. The molecule has 0 aromatic carbocycles. The van der Waals surface area contributed by atoms with Crippen LogP contribution in [0.3, 0.4) is 0 Å². The minimum Gasteiger partial charge on any atom is -0.299 e. The molecular formula is C11H20O4S. The van der Waals surface area contributed by atoms with Gasteiger partial charge in [0.1, 0.15) is 5.78 Å². The molecule has 4 nitrogen and oxygen atoms in total. The van der Waals surface area contributed by atoms with E-state index in [1.165, 1.54) is 0 Å². The molecule has 16 heavy (non-hydrogen) atoms. The summed E-state index contributed by atoms with van der Waals surface area (Å²) in [6.07, 6.45) is 2.64. The Kier molecular flexibility index (Phi) is 3.50. The van der Waals surface area contributed by atoms with E-state index in [0.29, 0.717) is 12.8 Å². The van der Waals surface area contributed by atoms with Gasteiger partial charge in [-0.3, -0.25) is 9.35 Å². The molecule has 0 heterocycles. The van der Waals surface area contributed by atoms with Crippen LogP contribution < -0.4 is 0 Å². The van der Waals surface area contributed by atoms with Crippen molar-refractivity contribution in [2.45, 2.75) is 46.5 Å². The van der Waals surface area contributed by atoms with Crippen LogP contribution in [0.25, 0.3) is 0 Å². The third-order valence-electron chi connectivity index (χ3n) is 3.66. The molecule has 0 bridgehead atoms. The molecule has 1 aliphatic carbocycles. The van der Waals surface area contributed by atoms with Gasteiger partial charge in [-0.25, -0.2) is 0 Å². The Morgan fingerprint density at radius 1 is 1.31 bits per heavy atom. The first-order valence-electron chi connectivity index (χ1n) is 5.57. The van der Waals surface area contributed by atoms with Crippen molar-refractivity contribution >= 4 is 15.9 Å². The summed E-state index contributed by atoms with van der Waals surface area (Å²) in [5, 5.41) is 0. The normalized spacial score (nSPS) is 28.1. The quantitative estimate of drug-likeness (QED) is 0.759. The topological polar surface area (TPSA) is 71.4 Å². The van der Waals surface area contributed by atoms with Gasteiger partial charge in [-0.15, -0.1) is 0 Å². The summed E-state index contributed by atoms with van der Waals surface area (Å²) in [6, 6.07) is 0. The number of hydrogen-bond acceptors (Lipinski definition) is 3. The summed E-state index contributed by atoms with van der Waals surface area (Å²) in [4.78, 5) is 12.1. The molecule has 1 aliphatic rings. The van der Waals surface area contributed by atoms with E-state index in [1.54, 1.807) is 0 Å². The Labute approximate surface area is 97.2 Å². The lowest BCUT2D eigenvalue weighted by atomic mass is 9.60. The Balaban J connectivity index is 3.16. The minimum atomic E-state index is -4.12. The van der Waals surface area contributed by atoms with Crippen molar-refractivity contribution in [3.8, 4) is 0 Å².